The molecule has 0 saturated heterocycles. The number of carbonyl (C=O) groups is 2. The fourth-order valence-electron chi connectivity index (χ4n) is 2.90. The first-order valence-electron chi connectivity index (χ1n) is 9.29. The normalized spacial score (nSPS) is 14.4. The van der Waals surface area contributed by atoms with Crippen LogP contribution in [0.15, 0.2) is 53.2 Å². The number of hydrogen-bond acceptors (Lipinski definition) is 5. The molecule has 1 aliphatic rings. The van der Waals surface area contributed by atoms with Gasteiger partial charge >= 0.3 is 0 Å². The van der Waals surface area contributed by atoms with Gasteiger partial charge in [-0.25, -0.2) is 4.98 Å². The van der Waals surface area contributed by atoms with Crippen LogP contribution < -0.4 is 10.6 Å². The van der Waals surface area contributed by atoms with Crippen molar-refractivity contribution >= 4 is 34.5 Å². The Bertz CT molecular complexity index is 934. The van der Waals surface area contributed by atoms with E-state index in [0.29, 0.717) is 6.42 Å². The van der Waals surface area contributed by atoms with Gasteiger partial charge < -0.3 is 10.6 Å². The summed E-state index contributed by atoms with van der Waals surface area (Å²) in [6, 6.07) is 13.4. The number of nitrogens with zero attached hydrogens (tertiary/aromatic N) is 1. The minimum Gasteiger partial charge on any atom is -0.352 e. The van der Waals surface area contributed by atoms with E-state index in [1.807, 2.05) is 53.2 Å². The second-order valence-corrected chi connectivity index (χ2v) is 8.70. The second-order valence-electron chi connectivity index (χ2n) is 6.89. The van der Waals surface area contributed by atoms with Crippen LogP contribution in [0.5, 0.6) is 0 Å². The maximum atomic E-state index is 12.6. The van der Waals surface area contributed by atoms with Gasteiger partial charge in [-0.15, -0.1) is 22.7 Å². The van der Waals surface area contributed by atoms with Gasteiger partial charge in [-0.05, 0) is 29.9 Å². The number of thiophene rings is 1. The first-order valence-corrected chi connectivity index (χ1v) is 11.1. The van der Waals surface area contributed by atoms with E-state index >= 15 is 0 Å². The molecule has 144 valence electrons. The van der Waals surface area contributed by atoms with Crippen molar-refractivity contribution in [3.05, 3.63) is 64.5 Å². The van der Waals surface area contributed by atoms with Gasteiger partial charge in [-0.1, -0.05) is 36.4 Å². The van der Waals surface area contributed by atoms with E-state index in [1.165, 1.54) is 11.3 Å². The lowest BCUT2D eigenvalue weighted by Gasteiger charge is -2.18. The lowest BCUT2D eigenvalue weighted by molar-refractivity contribution is -0.128. The number of aromatic nitrogens is 1. The number of hydrogen-bond donors (Lipinski definition) is 2. The first-order chi connectivity index (χ1) is 13.7. The van der Waals surface area contributed by atoms with Crippen LogP contribution in [-0.2, 0) is 22.4 Å². The van der Waals surface area contributed by atoms with Gasteiger partial charge in [0.05, 0.1) is 17.0 Å². The molecular weight excluding hydrogens is 390 g/mol. The van der Waals surface area contributed by atoms with Crippen LogP contribution in [0.3, 0.4) is 0 Å². The highest BCUT2D eigenvalue weighted by Crippen LogP contribution is 2.27. The standard InChI is InChI=1S/C21H21N3O2S2/c25-19(12-16-13-28-21(23-16)18-7-4-10-27-18)24-17(20(26)22-15-8-9-15)11-14-5-2-1-3-6-14/h1-7,10,13,15,17H,8-9,11-12H2,(H,22,26)(H,24,25). The quantitative estimate of drug-likeness (QED) is 0.597. The van der Waals surface area contributed by atoms with E-state index in [1.54, 1.807) is 11.3 Å². The van der Waals surface area contributed by atoms with Gasteiger partial charge in [0.1, 0.15) is 11.0 Å². The van der Waals surface area contributed by atoms with Gasteiger partial charge in [-0.2, -0.15) is 0 Å². The Hall–Kier alpha value is -2.51. The summed E-state index contributed by atoms with van der Waals surface area (Å²) in [6.07, 6.45) is 2.68. The van der Waals surface area contributed by atoms with E-state index in [2.05, 4.69) is 15.6 Å². The predicted molar refractivity (Wildman–Crippen MR) is 112 cm³/mol. The summed E-state index contributed by atoms with van der Waals surface area (Å²) in [5, 5.41) is 10.7. The largest absolute Gasteiger partial charge is 0.352 e. The summed E-state index contributed by atoms with van der Waals surface area (Å²) in [7, 11) is 0. The molecule has 0 bridgehead atoms. The second kappa shape index (κ2) is 8.67. The van der Waals surface area contributed by atoms with E-state index in [4.69, 9.17) is 0 Å². The molecule has 3 aromatic rings. The Morgan fingerprint density at radius 2 is 1.93 bits per heavy atom. The highest BCUT2D eigenvalue weighted by Gasteiger charge is 2.28. The van der Waals surface area contributed by atoms with Crippen LogP contribution in [0.25, 0.3) is 9.88 Å². The molecule has 1 saturated carbocycles. The molecule has 2 N–H and O–H groups in total. The van der Waals surface area contributed by atoms with Crippen molar-refractivity contribution in [1.29, 1.82) is 0 Å². The average Bonchev–Trinajstić information content (AvgIpc) is 3.15. The minimum atomic E-state index is -0.578. The van der Waals surface area contributed by atoms with Gasteiger partial charge in [-0.3, -0.25) is 9.59 Å². The maximum absolute atomic E-state index is 12.6. The Labute approximate surface area is 171 Å². The molecule has 0 aliphatic heterocycles. The summed E-state index contributed by atoms with van der Waals surface area (Å²) < 4.78 is 0. The molecule has 5 nitrogen and oxygen atoms in total. The molecule has 1 unspecified atom stereocenters. The van der Waals surface area contributed by atoms with Crippen molar-refractivity contribution in [1.82, 2.24) is 15.6 Å². The third-order valence-corrected chi connectivity index (χ3v) is 6.41. The van der Waals surface area contributed by atoms with Crippen molar-refractivity contribution in [3.63, 3.8) is 0 Å². The van der Waals surface area contributed by atoms with Gasteiger partial charge in [0.15, 0.2) is 0 Å². The smallest absolute Gasteiger partial charge is 0.243 e. The molecule has 1 atom stereocenters. The lowest BCUT2D eigenvalue weighted by Crippen LogP contribution is -2.49. The fraction of sp³-hybridized carbons (Fsp3) is 0.286. The molecular formula is C21H21N3O2S2. The number of nitrogens with one attached hydrogen (secondary N) is 2. The third-order valence-electron chi connectivity index (χ3n) is 4.48. The summed E-state index contributed by atoms with van der Waals surface area (Å²) in [5.41, 5.74) is 1.75. The van der Waals surface area contributed by atoms with E-state index in [-0.39, 0.29) is 24.3 Å². The van der Waals surface area contributed by atoms with E-state index in [9.17, 15) is 9.59 Å². The number of amides is 2. The average molecular weight is 412 g/mol. The highest BCUT2D eigenvalue weighted by molar-refractivity contribution is 7.20. The van der Waals surface area contributed by atoms with Crippen LogP contribution in [-0.4, -0.2) is 28.9 Å². The Balaban J connectivity index is 1.40. The van der Waals surface area contributed by atoms with Crippen molar-refractivity contribution in [3.8, 4) is 9.88 Å². The molecule has 1 aliphatic carbocycles. The van der Waals surface area contributed by atoms with E-state index < -0.39 is 6.04 Å². The van der Waals surface area contributed by atoms with Gasteiger partial charge in [0, 0.05) is 17.8 Å². The van der Waals surface area contributed by atoms with E-state index in [0.717, 1.165) is 34.0 Å². The van der Waals surface area contributed by atoms with Crippen molar-refractivity contribution in [2.75, 3.05) is 0 Å². The van der Waals surface area contributed by atoms with Gasteiger partial charge in [0.2, 0.25) is 11.8 Å². The predicted octanol–water partition coefficient (Wildman–Crippen LogP) is 3.42. The minimum absolute atomic E-state index is 0.114. The van der Waals surface area contributed by atoms with Crippen LogP contribution in [0.2, 0.25) is 0 Å². The number of thiazole rings is 1. The zero-order valence-corrected chi connectivity index (χ0v) is 16.9. The molecule has 4 rings (SSSR count). The lowest BCUT2D eigenvalue weighted by atomic mass is 10.0. The molecule has 7 heteroatoms. The number of rotatable bonds is 8. The first kappa shape index (κ1) is 18.8. The Kier molecular flexibility index (Phi) is 5.83. The monoisotopic (exact) mass is 411 g/mol. The van der Waals surface area contributed by atoms with Crippen LogP contribution in [0.1, 0.15) is 24.1 Å². The number of carbonyl (C=O) groups excluding carboxylic acids is 2. The SMILES string of the molecule is O=C(Cc1csc(-c2cccs2)n1)NC(Cc1ccccc1)C(=O)NC1CC1. The van der Waals surface area contributed by atoms with Gasteiger partial charge in [0.25, 0.3) is 0 Å². The van der Waals surface area contributed by atoms with Crippen LogP contribution >= 0.6 is 22.7 Å². The zero-order valence-electron chi connectivity index (χ0n) is 15.3. The molecule has 2 amide bonds. The third kappa shape index (κ3) is 5.05. The van der Waals surface area contributed by atoms with Crippen molar-refractivity contribution < 1.29 is 9.59 Å². The van der Waals surface area contributed by atoms with Crippen LogP contribution in [0.4, 0.5) is 0 Å². The summed E-state index contributed by atoms with van der Waals surface area (Å²) >= 11 is 3.16. The Morgan fingerprint density at radius 3 is 2.64 bits per heavy atom. The molecule has 1 fully saturated rings. The summed E-state index contributed by atoms with van der Waals surface area (Å²) in [4.78, 5) is 30.9. The highest BCUT2D eigenvalue weighted by atomic mass is 32.1. The fourth-order valence-corrected chi connectivity index (χ4v) is 4.53. The van der Waals surface area contributed by atoms with Crippen molar-refractivity contribution in [2.45, 2.75) is 37.8 Å². The zero-order chi connectivity index (χ0) is 19.3. The topological polar surface area (TPSA) is 71.1 Å². The van der Waals surface area contributed by atoms with Crippen molar-refractivity contribution in [2.24, 2.45) is 0 Å². The summed E-state index contributed by atoms with van der Waals surface area (Å²) in [6.45, 7) is 0. The van der Waals surface area contributed by atoms with Crippen LogP contribution in [0, 0.1) is 0 Å². The number of benzene rings is 1. The molecule has 0 radical (unpaired) electrons. The molecule has 2 heterocycles. The molecule has 1 aromatic carbocycles. The molecule has 28 heavy (non-hydrogen) atoms. The molecule has 2 aromatic heterocycles. The Morgan fingerprint density at radius 1 is 1.11 bits per heavy atom. The molecule has 0 spiro atoms. The summed E-state index contributed by atoms with van der Waals surface area (Å²) in [5.74, 6) is -0.299. The maximum Gasteiger partial charge on any atom is 0.243 e.